The Labute approximate surface area is 119 Å². The van der Waals surface area contributed by atoms with Crippen LogP contribution in [0.2, 0.25) is 0 Å². The van der Waals surface area contributed by atoms with Gasteiger partial charge in [-0.15, -0.1) is 3.89 Å². The molecule has 0 saturated carbocycles. The summed E-state index contributed by atoms with van der Waals surface area (Å²) < 4.78 is 35.1. The maximum atomic E-state index is 13.1. The Morgan fingerprint density at radius 1 is 1.30 bits per heavy atom. The molecule has 20 heavy (non-hydrogen) atoms. The molecule has 4 nitrogen and oxygen atoms in total. The van der Waals surface area contributed by atoms with Crippen molar-refractivity contribution in [1.82, 2.24) is 0 Å². The molecule has 0 saturated heterocycles. The van der Waals surface area contributed by atoms with Gasteiger partial charge in [-0.1, -0.05) is 39.8 Å². The van der Waals surface area contributed by atoms with Crippen LogP contribution in [0.15, 0.2) is 29.2 Å². The van der Waals surface area contributed by atoms with Crippen LogP contribution < -0.4 is 5.32 Å². The molecule has 1 unspecified atom stereocenters. The van der Waals surface area contributed by atoms with E-state index in [-0.39, 0.29) is 29.3 Å². The van der Waals surface area contributed by atoms with Crippen LogP contribution >= 0.6 is 0 Å². The molecule has 0 bridgehead atoms. The van der Waals surface area contributed by atoms with Crippen molar-refractivity contribution in [3.63, 3.8) is 0 Å². The molecule has 1 rings (SSSR count). The van der Waals surface area contributed by atoms with Crippen LogP contribution in [0.4, 0.5) is 9.57 Å². The van der Waals surface area contributed by atoms with E-state index in [1.54, 1.807) is 0 Å². The van der Waals surface area contributed by atoms with Crippen molar-refractivity contribution in [1.29, 1.82) is 0 Å². The van der Waals surface area contributed by atoms with Gasteiger partial charge in [0.05, 0.1) is 5.69 Å². The lowest BCUT2D eigenvalue weighted by molar-refractivity contribution is -0.117. The van der Waals surface area contributed by atoms with Gasteiger partial charge in [0.25, 0.3) is 0 Å². The monoisotopic (exact) mass is 301 g/mol. The van der Waals surface area contributed by atoms with Gasteiger partial charge in [0.1, 0.15) is 4.90 Å². The zero-order valence-electron chi connectivity index (χ0n) is 12.1. The van der Waals surface area contributed by atoms with Gasteiger partial charge in [-0.25, -0.2) is 0 Å². The first-order chi connectivity index (χ1) is 9.01. The zero-order chi connectivity index (χ0) is 15.6. The Bertz CT molecular complexity index is 591. The molecule has 0 aromatic heterocycles. The van der Waals surface area contributed by atoms with Gasteiger partial charge in [0, 0.05) is 6.42 Å². The van der Waals surface area contributed by atoms with E-state index >= 15 is 0 Å². The molecule has 0 aliphatic carbocycles. The molecule has 1 atom stereocenters. The number of amides is 1. The Kier molecular flexibility index (Phi) is 4.91. The molecular formula is C14H20FNO3S. The number of hydrogen-bond acceptors (Lipinski definition) is 3. The summed E-state index contributed by atoms with van der Waals surface area (Å²) >= 11 is 0. The highest BCUT2D eigenvalue weighted by Crippen LogP contribution is 2.29. The summed E-state index contributed by atoms with van der Waals surface area (Å²) in [7, 11) is -4.85. The molecule has 0 heterocycles. The van der Waals surface area contributed by atoms with Crippen LogP contribution in [-0.2, 0) is 15.0 Å². The fourth-order valence-corrected chi connectivity index (χ4v) is 2.19. The largest absolute Gasteiger partial charge is 0.334 e. The van der Waals surface area contributed by atoms with E-state index in [2.05, 4.69) is 5.32 Å². The van der Waals surface area contributed by atoms with Gasteiger partial charge < -0.3 is 5.32 Å². The van der Waals surface area contributed by atoms with Gasteiger partial charge in [0.2, 0.25) is 5.91 Å². The van der Waals surface area contributed by atoms with E-state index in [9.17, 15) is 17.1 Å². The van der Waals surface area contributed by atoms with Crippen LogP contribution in [0.3, 0.4) is 0 Å². The second-order valence-electron chi connectivity index (χ2n) is 5.95. The lowest BCUT2D eigenvalue weighted by Gasteiger charge is -2.26. The van der Waals surface area contributed by atoms with Gasteiger partial charge in [-0.2, -0.15) is 8.42 Å². The average molecular weight is 301 g/mol. The standard InChI is InChI=1S/C14H20FNO3S/c1-10(14(2,3)4)9-13(17)16-11-7-5-6-8-12(11)20(15,18)19/h5-8,10H,9H2,1-4H3,(H,16,17). The number of para-hydroxylation sites is 1. The fourth-order valence-electron chi connectivity index (χ4n) is 1.57. The Morgan fingerprint density at radius 2 is 1.85 bits per heavy atom. The van der Waals surface area contributed by atoms with Crippen LogP contribution in [-0.4, -0.2) is 14.3 Å². The van der Waals surface area contributed by atoms with E-state index in [1.807, 2.05) is 27.7 Å². The average Bonchev–Trinajstić information content (AvgIpc) is 2.26. The first kappa shape index (κ1) is 16.6. The van der Waals surface area contributed by atoms with Gasteiger partial charge in [-0.3, -0.25) is 4.79 Å². The highest BCUT2D eigenvalue weighted by molar-refractivity contribution is 7.86. The number of halogens is 1. The summed E-state index contributed by atoms with van der Waals surface area (Å²) in [5.74, 6) is -0.222. The molecule has 0 radical (unpaired) electrons. The first-order valence-electron chi connectivity index (χ1n) is 6.35. The molecule has 0 aliphatic heterocycles. The van der Waals surface area contributed by atoms with E-state index in [4.69, 9.17) is 0 Å². The van der Waals surface area contributed by atoms with Crippen molar-refractivity contribution < 1.29 is 17.1 Å². The quantitative estimate of drug-likeness (QED) is 0.867. The number of nitrogens with one attached hydrogen (secondary N) is 1. The normalized spacial score (nSPS) is 13.8. The van der Waals surface area contributed by atoms with Crippen molar-refractivity contribution in [2.24, 2.45) is 11.3 Å². The maximum absolute atomic E-state index is 13.1. The molecule has 1 aromatic carbocycles. The highest BCUT2D eigenvalue weighted by Gasteiger charge is 2.24. The summed E-state index contributed by atoms with van der Waals surface area (Å²) in [6.45, 7) is 8.00. The second-order valence-corrected chi connectivity index (χ2v) is 7.27. The number of hydrogen-bond donors (Lipinski definition) is 1. The molecule has 6 heteroatoms. The predicted molar refractivity (Wildman–Crippen MR) is 76.6 cm³/mol. The zero-order valence-corrected chi connectivity index (χ0v) is 12.9. The molecule has 0 fully saturated rings. The summed E-state index contributed by atoms with van der Waals surface area (Å²) in [6.07, 6.45) is 0.240. The minimum Gasteiger partial charge on any atom is -0.325 e. The van der Waals surface area contributed by atoms with Crippen molar-refractivity contribution in [2.45, 2.75) is 39.0 Å². The third-order valence-corrected chi connectivity index (χ3v) is 4.28. The van der Waals surface area contributed by atoms with Crippen LogP contribution in [0.25, 0.3) is 0 Å². The van der Waals surface area contributed by atoms with Crippen molar-refractivity contribution >= 4 is 21.8 Å². The van der Waals surface area contributed by atoms with E-state index in [1.165, 1.54) is 18.2 Å². The minimum absolute atomic E-state index is 0.0268. The van der Waals surface area contributed by atoms with Gasteiger partial charge in [0.15, 0.2) is 0 Å². The molecule has 0 aliphatic rings. The van der Waals surface area contributed by atoms with Crippen LogP contribution in [0, 0.1) is 11.3 Å². The third-order valence-electron chi connectivity index (χ3n) is 3.39. The van der Waals surface area contributed by atoms with Crippen molar-refractivity contribution in [2.75, 3.05) is 5.32 Å². The number of benzene rings is 1. The molecule has 1 amide bonds. The van der Waals surface area contributed by atoms with Gasteiger partial charge >= 0.3 is 10.2 Å². The topological polar surface area (TPSA) is 63.2 Å². The highest BCUT2D eigenvalue weighted by atomic mass is 32.3. The first-order valence-corrected chi connectivity index (χ1v) is 7.73. The number of carbonyl (C=O) groups is 1. The van der Waals surface area contributed by atoms with E-state index < -0.39 is 15.1 Å². The van der Waals surface area contributed by atoms with Gasteiger partial charge in [-0.05, 0) is 23.5 Å². The summed E-state index contributed by atoms with van der Waals surface area (Å²) in [4.78, 5) is 11.4. The maximum Gasteiger partial charge on any atom is 0.334 e. The Balaban J connectivity index is 2.88. The number of anilines is 1. The summed E-state index contributed by atoms with van der Waals surface area (Å²) in [5.41, 5.74) is -0.0654. The number of carbonyl (C=O) groups excluding carboxylic acids is 1. The number of rotatable bonds is 4. The van der Waals surface area contributed by atoms with E-state index in [0.29, 0.717) is 0 Å². The second kappa shape index (κ2) is 5.91. The fraction of sp³-hybridized carbons (Fsp3) is 0.500. The lowest BCUT2D eigenvalue weighted by atomic mass is 9.80. The van der Waals surface area contributed by atoms with E-state index in [0.717, 1.165) is 6.07 Å². The lowest BCUT2D eigenvalue weighted by Crippen LogP contribution is -2.24. The predicted octanol–water partition coefficient (Wildman–Crippen LogP) is 3.36. The molecule has 0 spiro atoms. The molecule has 1 aromatic rings. The smallest absolute Gasteiger partial charge is 0.325 e. The molecular weight excluding hydrogens is 281 g/mol. The molecule has 112 valence electrons. The third kappa shape index (κ3) is 4.59. The molecule has 1 N–H and O–H groups in total. The summed E-state index contributed by atoms with van der Waals surface area (Å²) in [6, 6.07) is 5.43. The van der Waals surface area contributed by atoms with Crippen molar-refractivity contribution in [3.8, 4) is 0 Å². The SMILES string of the molecule is CC(CC(=O)Nc1ccccc1S(=O)(=O)F)C(C)(C)C. The summed E-state index contributed by atoms with van der Waals surface area (Å²) in [5, 5.41) is 2.46. The Hall–Kier alpha value is -1.43. The van der Waals surface area contributed by atoms with Crippen molar-refractivity contribution in [3.05, 3.63) is 24.3 Å². The Morgan fingerprint density at radius 3 is 2.35 bits per heavy atom. The van der Waals surface area contributed by atoms with Crippen LogP contribution in [0.1, 0.15) is 34.1 Å². The van der Waals surface area contributed by atoms with Crippen LogP contribution in [0.5, 0.6) is 0 Å². The minimum atomic E-state index is -4.85.